The molecule has 0 atom stereocenters. The number of benzene rings is 1. The van der Waals surface area contributed by atoms with Crippen LogP contribution < -0.4 is 22.0 Å². The maximum absolute atomic E-state index is 10.1. The van der Waals surface area contributed by atoms with Crippen molar-refractivity contribution in [2.75, 3.05) is 5.73 Å². The van der Waals surface area contributed by atoms with Crippen molar-refractivity contribution in [2.24, 2.45) is 11.7 Å². The largest absolute Gasteiger partial charge is 2.00 e. The molecule has 1 aromatic heterocycles. The first-order valence-corrected chi connectivity index (χ1v) is 13.2. The van der Waals surface area contributed by atoms with Crippen LogP contribution >= 0.6 is 0 Å². The molecule has 0 aliphatic carbocycles. The first-order chi connectivity index (χ1) is 17.0. The Morgan fingerprint density at radius 1 is 1.16 bits per heavy atom. The summed E-state index contributed by atoms with van der Waals surface area (Å²) in [6, 6.07) is 5.31. The minimum Gasteiger partial charge on any atom is -0.508 e. The van der Waals surface area contributed by atoms with Gasteiger partial charge in [0.25, 0.3) is 0 Å². The number of allylic oxidation sites excluding steroid dienone is 2. The van der Waals surface area contributed by atoms with Gasteiger partial charge in [0.15, 0.2) is 0 Å². The Hall–Kier alpha value is -1.83. The van der Waals surface area contributed by atoms with Gasteiger partial charge in [0.05, 0.1) is 11.0 Å². The van der Waals surface area contributed by atoms with Crippen molar-refractivity contribution in [3.05, 3.63) is 72.0 Å². The monoisotopic (exact) mass is 731 g/mol. The Morgan fingerprint density at radius 2 is 1.73 bits per heavy atom. The van der Waals surface area contributed by atoms with E-state index in [-0.39, 0.29) is 36.9 Å². The minimum atomic E-state index is 0. The summed E-state index contributed by atoms with van der Waals surface area (Å²) in [6.45, 7) is 25.7. The van der Waals surface area contributed by atoms with Gasteiger partial charge in [0.1, 0.15) is 11.6 Å². The quantitative estimate of drug-likeness (QED) is 0.252. The van der Waals surface area contributed by atoms with E-state index in [4.69, 9.17) is 11.5 Å². The number of rotatable bonds is 8. The fourth-order valence-corrected chi connectivity index (χ4v) is 3.73. The molecule has 1 aromatic carbocycles. The molecule has 0 radical (unpaired) electrons. The number of nitrogens with zero attached hydrogens (tertiary/aromatic N) is 1. The molecular weight excluding hydrogens is 680 g/mol. The molecule has 1 heterocycles. The number of anilines is 1. The third-order valence-corrected chi connectivity index (χ3v) is 5.32. The maximum atomic E-state index is 10.1. The van der Waals surface area contributed by atoms with Crippen LogP contribution in [0.5, 0.6) is 5.75 Å². The number of phenols is 1. The number of phenolic OH excluding ortho intramolecular Hbond substituents is 1. The molecule has 2 aromatic rings. The van der Waals surface area contributed by atoms with Gasteiger partial charge in [-0.05, 0) is 56.7 Å². The second kappa shape index (κ2) is 20.2. The number of hydrogen-bond donors (Lipinski definition) is 3. The molecule has 0 fully saturated rings. The van der Waals surface area contributed by atoms with Gasteiger partial charge >= 0.3 is 31.1 Å². The van der Waals surface area contributed by atoms with E-state index in [2.05, 4.69) is 66.3 Å². The van der Waals surface area contributed by atoms with Crippen LogP contribution in [0.25, 0.3) is 23.5 Å². The summed E-state index contributed by atoms with van der Waals surface area (Å²) in [7, 11) is 0. The standard InChI is InChI=1S/C26H37N3O.2C3H7.U/c1-7-9-22-23(15-12-18(4)11-8-10-17(2)3)29(26(28)25(22)20(6)27)24-16-21(30)14-13-19(24)5;2*1-3-2;/h9,12-17,30H,6-8,10-11,27-28H2,1-5H3;2*1,3H2,2H3;/q;2*-1;+2/b18-12+,22-9-,23-15+;;;. The Kier molecular flexibility index (Phi) is 20.4. The normalized spacial score (nSPS) is 11.9. The summed E-state index contributed by atoms with van der Waals surface area (Å²) in [5.74, 6) is 1.45. The Balaban J connectivity index is 0. The Morgan fingerprint density at radius 3 is 2.22 bits per heavy atom. The molecule has 0 aliphatic heterocycles. The number of nitrogens with two attached hydrogens (primary N) is 2. The topological polar surface area (TPSA) is 77.2 Å². The van der Waals surface area contributed by atoms with Crippen LogP contribution in [0, 0.1) is 57.8 Å². The van der Waals surface area contributed by atoms with Gasteiger partial charge in [-0.3, -0.25) is 4.57 Å². The second-order valence-corrected chi connectivity index (χ2v) is 9.47. The summed E-state index contributed by atoms with van der Waals surface area (Å²) in [5, 5.41) is 12.0. The molecule has 204 valence electrons. The zero-order valence-corrected chi connectivity index (χ0v) is 28.6. The summed E-state index contributed by atoms with van der Waals surface area (Å²) in [5.41, 5.74) is 17.1. The molecule has 0 saturated carbocycles. The molecule has 0 amide bonds. The summed E-state index contributed by atoms with van der Waals surface area (Å²) < 4.78 is 1.97. The molecule has 4 nitrogen and oxygen atoms in total. The molecule has 0 saturated heterocycles. The third kappa shape index (κ3) is 12.5. The summed E-state index contributed by atoms with van der Waals surface area (Å²) in [6.07, 6.45) is 12.7. The van der Waals surface area contributed by atoms with E-state index >= 15 is 0 Å². The van der Waals surface area contributed by atoms with Gasteiger partial charge < -0.3 is 30.4 Å². The van der Waals surface area contributed by atoms with E-state index in [0.29, 0.717) is 11.5 Å². The first kappa shape index (κ1) is 37.3. The number of aryl methyl sites for hydroxylation is 1. The SMILES string of the molecule is C=C(N)c1c(N)n(-c2cc(O)ccc2C)c(=C/C=C(\C)CCCC(C)C)/c1=C/CC.[CH2-]CC.[CH2-]CC.[U+2]. The molecule has 0 unspecified atom stereocenters. The van der Waals surface area contributed by atoms with Crippen LogP contribution in [0.15, 0.2) is 36.4 Å². The van der Waals surface area contributed by atoms with Crippen LogP contribution in [-0.4, -0.2) is 9.67 Å². The van der Waals surface area contributed by atoms with Crippen molar-refractivity contribution in [2.45, 2.75) is 87.0 Å². The van der Waals surface area contributed by atoms with E-state index in [0.717, 1.165) is 59.0 Å². The molecule has 5 heteroatoms. The second-order valence-electron chi connectivity index (χ2n) is 9.47. The molecule has 0 bridgehead atoms. The first-order valence-electron chi connectivity index (χ1n) is 13.2. The van der Waals surface area contributed by atoms with Crippen molar-refractivity contribution < 1.29 is 36.2 Å². The van der Waals surface area contributed by atoms with E-state index in [1.165, 1.54) is 18.4 Å². The van der Waals surface area contributed by atoms with Crippen LogP contribution in [0.3, 0.4) is 0 Å². The van der Waals surface area contributed by atoms with Gasteiger partial charge in [-0.15, -0.1) is 0 Å². The average Bonchev–Trinajstić information content (AvgIpc) is 3.06. The Bertz CT molecular complexity index is 1090. The fourth-order valence-electron chi connectivity index (χ4n) is 3.73. The molecule has 0 spiro atoms. The molecule has 37 heavy (non-hydrogen) atoms. The van der Waals surface area contributed by atoms with Crippen LogP contribution in [0.1, 0.15) is 91.2 Å². The minimum absolute atomic E-state index is 0. The zero-order chi connectivity index (χ0) is 27.8. The van der Waals surface area contributed by atoms with Crippen molar-refractivity contribution in [3.63, 3.8) is 0 Å². The maximum Gasteiger partial charge on any atom is 2.00 e. The number of hydrogen-bond acceptors (Lipinski definition) is 3. The van der Waals surface area contributed by atoms with Crippen molar-refractivity contribution in [1.29, 1.82) is 0 Å². The number of aromatic nitrogens is 1. The van der Waals surface area contributed by atoms with Gasteiger partial charge in [0, 0.05) is 22.5 Å². The summed E-state index contributed by atoms with van der Waals surface area (Å²) in [4.78, 5) is 0. The number of nitrogen functional groups attached to an aromatic ring is 1. The average molecular weight is 732 g/mol. The van der Waals surface area contributed by atoms with Crippen LogP contribution in [0.2, 0.25) is 0 Å². The van der Waals surface area contributed by atoms with E-state index < -0.39 is 0 Å². The van der Waals surface area contributed by atoms with Gasteiger partial charge in [-0.2, -0.15) is 12.8 Å². The van der Waals surface area contributed by atoms with E-state index in [9.17, 15) is 5.11 Å². The van der Waals surface area contributed by atoms with Gasteiger partial charge in [0.2, 0.25) is 0 Å². The molecular formula is C32H51N3OU. The molecule has 0 aliphatic rings. The van der Waals surface area contributed by atoms with Gasteiger partial charge in [-0.1, -0.05) is 71.4 Å². The van der Waals surface area contributed by atoms with Crippen LogP contribution in [0.4, 0.5) is 5.82 Å². The fraction of sp³-hybridized carbons (Fsp3) is 0.438. The predicted octanol–water partition coefficient (Wildman–Crippen LogP) is 7.21. The molecule has 2 rings (SSSR count). The smallest absolute Gasteiger partial charge is 0.508 e. The van der Waals surface area contributed by atoms with E-state index in [1.54, 1.807) is 12.1 Å². The van der Waals surface area contributed by atoms with Crippen molar-refractivity contribution >= 4 is 23.7 Å². The van der Waals surface area contributed by atoms with E-state index in [1.807, 2.05) is 31.4 Å². The molecule has 5 N–H and O–H groups in total. The number of aromatic hydroxyl groups is 1. The third-order valence-electron chi connectivity index (χ3n) is 5.32. The van der Waals surface area contributed by atoms with Gasteiger partial charge in [-0.25, -0.2) is 0 Å². The van der Waals surface area contributed by atoms with Crippen LogP contribution in [-0.2, 0) is 0 Å². The van der Waals surface area contributed by atoms with Crippen molar-refractivity contribution in [3.8, 4) is 11.4 Å². The predicted molar refractivity (Wildman–Crippen MR) is 162 cm³/mol. The zero-order valence-electron chi connectivity index (χ0n) is 24.5. The Labute approximate surface area is 251 Å². The summed E-state index contributed by atoms with van der Waals surface area (Å²) >= 11 is 0. The van der Waals surface area contributed by atoms with Crippen molar-refractivity contribution in [1.82, 2.24) is 4.57 Å².